The smallest absolute Gasteiger partial charge is 0.255 e. The Morgan fingerprint density at radius 1 is 1.07 bits per heavy atom. The van der Waals surface area contributed by atoms with E-state index in [4.69, 9.17) is 0 Å². The van der Waals surface area contributed by atoms with Crippen LogP contribution in [0.5, 0.6) is 0 Å². The van der Waals surface area contributed by atoms with Gasteiger partial charge >= 0.3 is 0 Å². The molecule has 1 amide bonds. The first kappa shape index (κ1) is 18.1. The number of piperazine rings is 1. The Morgan fingerprint density at radius 2 is 1.89 bits per heavy atom. The van der Waals surface area contributed by atoms with Gasteiger partial charge in [-0.1, -0.05) is 30.3 Å². The van der Waals surface area contributed by atoms with Crippen molar-refractivity contribution in [3.63, 3.8) is 0 Å². The quantitative estimate of drug-likeness (QED) is 0.719. The number of nitrogens with zero attached hydrogens (tertiary/aromatic N) is 3. The molecule has 1 saturated heterocycles. The lowest BCUT2D eigenvalue weighted by molar-refractivity contribution is 0.0951. The van der Waals surface area contributed by atoms with E-state index in [9.17, 15) is 4.79 Å². The van der Waals surface area contributed by atoms with Crippen molar-refractivity contribution >= 4 is 11.7 Å². The minimum atomic E-state index is -0.116. The molecule has 1 aliphatic rings. The molecule has 0 spiro atoms. The molecule has 1 aliphatic heterocycles. The largest absolute Gasteiger partial charge is 0.353 e. The van der Waals surface area contributed by atoms with Crippen molar-refractivity contribution in [3.05, 3.63) is 89.9 Å². The number of anilines is 1. The van der Waals surface area contributed by atoms with E-state index in [0.717, 1.165) is 31.0 Å². The maximum atomic E-state index is 12.8. The highest BCUT2D eigenvalue weighted by atomic mass is 16.1. The second-order valence-corrected chi connectivity index (χ2v) is 6.78. The number of carbonyl (C=O) groups excluding carboxylic acids is 1. The zero-order chi connectivity index (χ0) is 19.2. The Morgan fingerprint density at radius 3 is 2.71 bits per heavy atom. The first-order valence-electron chi connectivity index (χ1n) is 9.46. The van der Waals surface area contributed by atoms with Gasteiger partial charge in [-0.15, -0.1) is 0 Å². The summed E-state index contributed by atoms with van der Waals surface area (Å²) in [5.41, 5.74) is 2.86. The van der Waals surface area contributed by atoms with Crippen molar-refractivity contribution in [2.45, 2.75) is 12.6 Å². The summed E-state index contributed by atoms with van der Waals surface area (Å²) in [7, 11) is 0. The molecule has 3 heterocycles. The third kappa shape index (κ3) is 4.18. The third-order valence-corrected chi connectivity index (χ3v) is 4.91. The minimum Gasteiger partial charge on any atom is -0.353 e. The van der Waals surface area contributed by atoms with Gasteiger partial charge in [0.1, 0.15) is 5.82 Å². The van der Waals surface area contributed by atoms with Crippen LogP contribution in [0.1, 0.15) is 27.5 Å². The van der Waals surface area contributed by atoms with Gasteiger partial charge in [0.05, 0.1) is 5.56 Å². The molecule has 0 radical (unpaired) electrons. The lowest BCUT2D eigenvalue weighted by Crippen LogP contribution is -2.46. The molecule has 6 heteroatoms. The maximum absolute atomic E-state index is 12.8. The van der Waals surface area contributed by atoms with Crippen LogP contribution in [-0.4, -0.2) is 35.5 Å². The fourth-order valence-corrected chi connectivity index (χ4v) is 3.46. The Hall–Kier alpha value is -3.25. The number of pyridine rings is 2. The molecule has 2 N–H and O–H groups in total. The van der Waals surface area contributed by atoms with Gasteiger partial charge in [0.25, 0.3) is 5.91 Å². The second kappa shape index (κ2) is 8.63. The van der Waals surface area contributed by atoms with Gasteiger partial charge in [0, 0.05) is 50.8 Å². The number of amides is 1. The van der Waals surface area contributed by atoms with Crippen LogP contribution in [0.15, 0.2) is 73.2 Å². The monoisotopic (exact) mass is 373 g/mol. The van der Waals surface area contributed by atoms with E-state index in [1.807, 2.05) is 30.3 Å². The first-order valence-corrected chi connectivity index (χ1v) is 9.46. The summed E-state index contributed by atoms with van der Waals surface area (Å²) in [4.78, 5) is 23.6. The van der Waals surface area contributed by atoms with Gasteiger partial charge in [0.15, 0.2) is 0 Å². The number of benzene rings is 1. The minimum absolute atomic E-state index is 0.116. The topological polar surface area (TPSA) is 70.2 Å². The van der Waals surface area contributed by atoms with E-state index in [-0.39, 0.29) is 11.9 Å². The van der Waals surface area contributed by atoms with Crippen molar-refractivity contribution in [1.82, 2.24) is 20.6 Å². The van der Waals surface area contributed by atoms with E-state index < -0.39 is 0 Å². The normalized spacial score (nSPS) is 16.6. The van der Waals surface area contributed by atoms with Crippen molar-refractivity contribution in [3.8, 4) is 0 Å². The van der Waals surface area contributed by atoms with Crippen LogP contribution < -0.4 is 15.5 Å². The molecule has 1 aromatic carbocycles. The van der Waals surface area contributed by atoms with Crippen LogP contribution in [-0.2, 0) is 6.54 Å². The number of aromatic nitrogens is 2. The summed E-state index contributed by atoms with van der Waals surface area (Å²) in [5.74, 6) is 0.617. The Labute approximate surface area is 164 Å². The fraction of sp³-hybridized carbons (Fsp3) is 0.227. The SMILES string of the molecule is O=C(NCc1ccncc1)c1cccnc1N1CCN[C@H](c2ccccc2)C1. The Bertz CT molecular complexity index is 916. The predicted molar refractivity (Wildman–Crippen MR) is 109 cm³/mol. The van der Waals surface area contributed by atoms with Gasteiger partial charge in [-0.25, -0.2) is 4.98 Å². The summed E-state index contributed by atoms with van der Waals surface area (Å²) in [5, 5.41) is 6.54. The van der Waals surface area contributed by atoms with Crippen molar-refractivity contribution in [2.75, 3.05) is 24.5 Å². The molecule has 1 atom stereocenters. The van der Waals surface area contributed by atoms with Crippen molar-refractivity contribution in [1.29, 1.82) is 0 Å². The molecule has 4 rings (SSSR count). The molecular weight excluding hydrogens is 350 g/mol. The summed E-state index contributed by atoms with van der Waals surface area (Å²) in [6.45, 7) is 2.88. The number of carbonyl (C=O) groups is 1. The van der Waals surface area contributed by atoms with Crippen LogP contribution >= 0.6 is 0 Å². The molecule has 0 unspecified atom stereocenters. The van der Waals surface area contributed by atoms with Gasteiger partial charge in [0.2, 0.25) is 0 Å². The molecule has 2 aromatic heterocycles. The zero-order valence-corrected chi connectivity index (χ0v) is 15.6. The van der Waals surface area contributed by atoms with Crippen LogP contribution in [0.3, 0.4) is 0 Å². The molecule has 6 nitrogen and oxygen atoms in total. The summed E-state index contributed by atoms with van der Waals surface area (Å²) in [6.07, 6.45) is 5.19. The highest BCUT2D eigenvalue weighted by Gasteiger charge is 2.25. The van der Waals surface area contributed by atoms with Crippen LogP contribution in [0.25, 0.3) is 0 Å². The maximum Gasteiger partial charge on any atom is 0.255 e. The summed E-state index contributed by atoms with van der Waals surface area (Å²) < 4.78 is 0. The number of nitrogens with one attached hydrogen (secondary N) is 2. The number of rotatable bonds is 5. The molecule has 0 aliphatic carbocycles. The van der Waals surface area contributed by atoms with E-state index >= 15 is 0 Å². The predicted octanol–water partition coefficient (Wildman–Crippen LogP) is 2.56. The van der Waals surface area contributed by atoms with Crippen molar-refractivity contribution in [2.24, 2.45) is 0 Å². The second-order valence-electron chi connectivity index (χ2n) is 6.78. The Balaban J connectivity index is 1.50. The molecule has 0 bridgehead atoms. The van der Waals surface area contributed by atoms with Crippen molar-refractivity contribution < 1.29 is 4.79 Å². The third-order valence-electron chi connectivity index (χ3n) is 4.91. The molecule has 142 valence electrons. The highest BCUT2D eigenvalue weighted by Crippen LogP contribution is 2.23. The van der Waals surface area contributed by atoms with E-state index in [0.29, 0.717) is 12.1 Å². The van der Waals surface area contributed by atoms with E-state index in [1.165, 1.54) is 5.56 Å². The van der Waals surface area contributed by atoms with E-state index in [2.05, 4.69) is 49.8 Å². The lowest BCUT2D eigenvalue weighted by atomic mass is 10.0. The van der Waals surface area contributed by atoms with Crippen LogP contribution in [0.2, 0.25) is 0 Å². The first-order chi connectivity index (χ1) is 13.8. The molecule has 1 fully saturated rings. The average molecular weight is 373 g/mol. The zero-order valence-electron chi connectivity index (χ0n) is 15.6. The van der Waals surface area contributed by atoms with Gasteiger partial charge in [-0.3, -0.25) is 9.78 Å². The van der Waals surface area contributed by atoms with Gasteiger partial charge in [-0.2, -0.15) is 0 Å². The molecular formula is C22H23N5O. The van der Waals surface area contributed by atoms with Crippen LogP contribution in [0, 0.1) is 0 Å². The molecule has 28 heavy (non-hydrogen) atoms. The number of hydrogen-bond donors (Lipinski definition) is 2. The lowest BCUT2D eigenvalue weighted by Gasteiger charge is -2.35. The summed E-state index contributed by atoms with van der Waals surface area (Å²) in [6, 6.07) is 18.0. The molecule has 3 aromatic rings. The Kier molecular flexibility index (Phi) is 5.58. The standard InChI is InChI=1S/C22H23N5O/c28-22(26-15-17-8-11-23-12-9-17)19-7-4-10-25-21(19)27-14-13-24-20(16-27)18-5-2-1-3-6-18/h1-12,20,24H,13-16H2,(H,26,28)/t20-/m0/s1. The van der Waals surface area contributed by atoms with E-state index in [1.54, 1.807) is 18.6 Å². The fourth-order valence-electron chi connectivity index (χ4n) is 3.46. The van der Waals surface area contributed by atoms with Gasteiger partial charge < -0.3 is 15.5 Å². The summed E-state index contributed by atoms with van der Waals surface area (Å²) >= 11 is 0. The highest BCUT2D eigenvalue weighted by molar-refractivity contribution is 5.98. The average Bonchev–Trinajstić information content (AvgIpc) is 2.79. The van der Waals surface area contributed by atoms with Crippen LogP contribution in [0.4, 0.5) is 5.82 Å². The number of hydrogen-bond acceptors (Lipinski definition) is 5. The van der Waals surface area contributed by atoms with Gasteiger partial charge in [-0.05, 0) is 35.4 Å². The molecule has 0 saturated carbocycles.